The third kappa shape index (κ3) is 4.98. The number of carbonyl (C=O) groups is 3. The monoisotopic (exact) mass is 472 g/mol. The van der Waals surface area contributed by atoms with Crippen molar-refractivity contribution in [2.24, 2.45) is 0 Å². The van der Waals surface area contributed by atoms with Crippen molar-refractivity contribution in [2.75, 3.05) is 32.8 Å². The highest BCUT2D eigenvalue weighted by atomic mass is 35.5. The molecule has 0 radical (unpaired) electrons. The first-order valence-electron chi connectivity index (χ1n) is 10.1. The molecule has 3 amide bonds. The first-order chi connectivity index (χ1) is 15.4. The number of hydrogen-bond donors (Lipinski definition) is 1. The number of imide groups is 1. The second kappa shape index (κ2) is 9.77. The fourth-order valence-corrected chi connectivity index (χ4v) is 4.55. The van der Waals surface area contributed by atoms with Crippen molar-refractivity contribution in [1.82, 2.24) is 9.80 Å². The van der Waals surface area contributed by atoms with Crippen LogP contribution in [0.1, 0.15) is 16.7 Å². The maximum Gasteiger partial charge on any atom is 0.294 e. The topological polar surface area (TPSA) is 87.2 Å². The normalized spacial score (nSPS) is 18.0. The molecule has 1 N–H and O–H groups in total. The van der Waals surface area contributed by atoms with Crippen LogP contribution in [0.5, 0.6) is 5.75 Å². The third-order valence-electron chi connectivity index (χ3n) is 5.26. The molecule has 0 aromatic heterocycles. The predicted octanol–water partition coefficient (Wildman–Crippen LogP) is 3.53. The molecule has 2 saturated heterocycles. The van der Waals surface area contributed by atoms with E-state index in [0.717, 1.165) is 27.8 Å². The van der Waals surface area contributed by atoms with E-state index in [1.165, 1.54) is 6.08 Å². The predicted molar refractivity (Wildman–Crippen MR) is 122 cm³/mol. The summed E-state index contributed by atoms with van der Waals surface area (Å²) in [5, 5.41) is 10.4. The molecule has 7 nitrogen and oxygen atoms in total. The van der Waals surface area contributed by atoms with E-state index in [9.17, 15) is 19.5 Å². The average Bonchev–Trinajstić information content (AvgIpc) is 3.05. The van der Waals surface area contributed by atoms with E-state index in [0.29, 0.717) is 43.3 Å². The zero-order valence-electron chi connectivity index (χ0n) is 17.1. The van der Waals surface area contributed by atoms with Crippen LogP contribution in [-0.2, 0) is 20.7 Å². The molecule has 0 unspecified atom stereocenters. The minimum atomic E-state index is -0.544. The van der Waals surface area contributed by atoms with Crippen LogP contribution in [0.15, 0.2) is 47.4 Å². The maximum absolute atomic E-state index is 12.8. The second-order valence-corrected chi connectivity index (χ2v) is 8.82. The van der Waals surface area contributed by atoms with Crippen molar-refractivity contribution in [3.8, 4) is 5.75 Å². The molecule has 2 aromatic carbocycles. The Morgan fingerprint density at radius 2 is 1.91 bits per heavy atom. The van der Waals surface area contributed by atoms with Gasteiger partial charge >= 0.3 is 0 Å². The SMILES string of the molecule is O=C(CN1C(=O)S/C(=C\c2cc(Cc3ccccc3Cl)ccc2O)C1=O)N1CCOCC1. The Morgan fingerprint density at radius 1 is 1.16 bits per heavy atom. The van der Waals surface area contributed by atoms with Crippen LogP contribution in [0, 0.1) is 0 Å². The molecule has 166 valence electrons. The van der Waals surface area contributed by atoms with Crippen molar-refractivity contribution in [1.29, 1.82) is 0 Å². The van der Waals surface area contributed by atoms with E-state index in [1.807, 2.05) is 24.3 Å². The number of aromatic hydroxyl groups is 1. The molecule has 9 heteroatoms. The summed E-state index contributed by atoms with van der Waals surface area (Å²) in [7, 11) is 0. The third-order valence-corrected chi connectivity index (χ3v) is 6.54. The number of benzene rings is 2. The minimum Gasteiger partial charge on any atom is -0.507 e. The molecule has 2 aliphatic heterocycles. The summed E-state index contributed by atoms with van der Waals surface area (Å²) in [6.07, 6.45) is 2.03. The zero-order valence-corrected chi connectivity index (χ0v) is 18.7. The Morgan fingerprint density at radius 3 is 2.66 bits per heavy atom. The van der Waals surface area contributed by atoms with E-state index in [1.54, 1.807) is 23.1 Å². The number of nitrogens with zero attached hydrogens (tertiary/aromatic N) is 2. The largest absolute Gasteiger partial charge is 0.507 e. The zero-order chi connectivity index (χ0) is 22.7. The number of ether oxygens (including phenoxy) is 1. The Hall–Kier alpha value is -2.81. The summed E-state index contributed by atoms with van der Waals surface area (Å²) in [5.41, 5.74) is 2.25. The van der Waals surface area contributed by atoms with Gasteiger partial charge in [-0.1, -0.05) is 35.9 Å². The number of phenolic OH excluding ortho intramolecular Hbond substituents is 1. The van der Waals surface area contributed by atoms with Crippen LogP contribution < -0.4 is 0 Å². The number of carbonyl (C=O) groups excluding carboxylic acids is 3. The van der Waals surface area contributed by atoms with Crippen LogP contribution in [0.25, 0.3) is 6.08 Å². The summed E-state index contributed by atoms with van der Waals surface area (Å²) in [6, 6.07) is 12.6. The Labute approximate surface area is 194 Å². The molecule has 0 atom stereocenters. The first kappa shape index (κ1) is 22.4. The molecule has 32 heavy (non-hydrogen) atoms. The van der Waals surface area contributed by atoms with Gasteiger partial charge in [-0.3, -0.25) is 19.3 Å². The molecule has 2 aromatic rings. The minimum absolute atomic E-state index is 0.0101. The van der Waals surface area contributed by atoms with Gasteiger partial charge in [0.2, 0.25) is 5.91 Å². The number of amides is 3. The Bertz CT molecular complexity index is 1100. The number of phenols is 1. The van der Waals surface area contributed by atoms with Crippen LogP contribution in [-0.4, -0.2) is 64.8 Å². The lowest BCUT2D eigenvalue weighted by Gasteiger charge is -2.28. The highest BCUT2D eigenvalue weighted by Crippen LogP contribution is 2.34. The smallest absolute Gasteiger partial charge is 0.294 e. The quantitative estimate of drug-likeness (QED) is 0.670. The summed E-state index contributed by atoms with van der Waals surface area (Å²) in [4.78, 5) is 40.3. The molecule has 0 aliphatic carbocycles. The summed E-state index contributed by atoms with van der Waals surface area (Å²) < 4.78 is 5.22. The number of thioether (sulfide) groups is 1. The van der Waals surface area contributed by atoms with Gasteiger partial charge in [0.05, 0.1) is 18.1 Å². The molecule has 0 bridgehead atoms. The van der Waals surface area contributed by atoms with Gasteiger partial charge < -0.3 is 14.7 Å². The lowest BCUT2D eigenvalue weighted by molar-refractivity contribution is -0.139. The van der Waals surface area contributed by atoms with Crippen LogP contribution in [0.3, 0.4) is 0 Å². The van der Waals surface area contributed by atoms with Gasteiger partial charge in [0.15, 0.2) is 0 Å². The number of rotatable bonds is 5. The van der Waals surface area contributed by atoms with Gasteiger partial charge in [-0.05, 0) is 53.6 Å². The maximum atomic E-state index is 12.8. The van der Waals surface area contributed by atoms with Gasteiger partial charge in [0.25, 0.3) is 11.1 Å². The lowest BCUT2D eigenvalue weighted by atomic mass is 10.0. The highest BCUT2D eigenvalue weighted by Gasteiger charge is 2.37. The molecular weight excluding hydrogens is 452 g/mol. The first-order valence-corrected chi connectivity index (χ1v) is 11.3. The fourth-order valence-electron chi connectivity index (χ4n) is 3.52. The van der Waals surface area contributed by atoms with Gasteiger partial charge in [0.1, 0.15) is 12.3 Å². The molecule has 2 aliphatic rings. The van der Waals surface area contributed by atoms with E-state index in [2.05, 4.69) is 0 Å². The summed E-state index contributed by atoms with van der Waals surface area (Å²) >= 11 is 7.00. The van der Waals surface area contributed by atoms with Crippen LogP contribution >= 0.6 is 23.4 Å². The van der Waals surface area contributed by atoms with E-state index in [-0.39, 0.29) is 23.1 Å². The van der Waals surface area contributed by atoms with Crippen LogP contribution in [0.4, 0.5) is 4.79 Å². The Kier molecular flexibility index (Phi) is 6.83. The highest BCUT2D eigenvalue weighted by molar-refractivity contribution is 8.18. The molecular formula is C23H21ClN2O5S. The number of hydrogen-bond acceptors (Lipinski definition) is 6. The van der Waals surface area contributed by atoms with Gasteiger partial charge in [-0.2, -0.15) is 0 Å². The number of morpholine rings is 1. The molecule has 2 fully saturated rings. The molecule has 0 saturated carbocycles. The van der Waals surface area contributed by atoms with Crippen LogP contribution in [0.2, 0.25) is 5.02 Å². The van der Waals surface area contributed by atoms with Crippen molar-refractivity contribution in [2.45, 2.75) is 6.42 Å². The standard InChI is InChI=1S/C23H21ClN2O5S/c24-18-4-2-1-3-16(18)11-15-5-6-19(27)17(12-15)13-20-22(29)26(23(30)32-20)14-21(28)25-7-9-31-10-8-25/h1-6,12-13,27H,7-11,14H2/b20-13-. The van der Waals surface area contributed by atoms with Gasteiger partial charge in [-0.15, -0.1) is 0 Å². The van der Waals surface area contributed by atoms with Crippen molar-refractivity contribution in [3.63, 3.8) is 0 Å². The van der Waals surface area contributed by atoms with Gasteiger partial charge in [0, 0.05) is 23.7 Å². The molecule has 2 heterocycles. The number of halogens is 1. The fraction of sp³-hybridized carbons (Fsp3) is 0.261. The van der Waals surface area contributed by atoms with Crippen molar-refractivity contribution >= 4 is 46.5 Å². The van der Waals surface area contributed by atoms with E-state index >= 15 is 0 Å². The molecule has 4 rings (SSSR count). The van der Waals surface area contributed by atoms with Gasteiger partial charge in [-0.25, -0.2) is 0 Å². The average molecular weight is 473 g/mol. The van der Waals surface area contributed by atoms with E-state index in [4.69, 9.17) is 16.3 Å². The van der Waals surface area contributed by atoms with Crippen molar-refractivity contribution in [3.05, 3.63) is 69.1 Å². The second-order valence-electron chi connectivity index (χ2n) is 7.42. The van der Waals surface area contributed by atoms with Crippen molar-refractivity contribution < 1.29 is 24.2 Å². The molecule has 0 spiro atoms. The Balaban J connectivity index is 1.51. The summed E-state index contributed by atoms with van der Waals surface area (Å²) in [5.74, 6) is -0.844. The van der Waals surface area contributed by atoms with E-state index < -0.39 is 11.1 Å². The summed E-state index contributed by atoms with van der Waals surface area (Å²) in [6.45, 7) is 1.46. The lowest BCUT2D eigenvalue weighted by Crippen LogP contribution is -2.46.